The third kappa shape index (κ3) is 21.7. The number of carbonyl (C=O) groups excluding carboxylic acids is 3. The average Bonchev–Trinajstić information content (AvgIpc) is 1.72. The number of hydrazine groups is 1. The number of nitrogens with one attached hydrogen (secondary N) is 2. The molecule has 6 heterocycles. The molecule has 5 aromatic heterocycles. The van der Waals surface area contributed by atoms with Gasteiger partial charge in [-0.2, -0.15) is 38.9 Å². The number of pyridine rings is 2. The van der Waals surface area contributed by atoms with Crippen LogP contribution in [-0.2, 0) is 59.8 Å². The Morgan fingerprint density at radius 1 is 0.565 bits per heavy atom. The summed E-state index contributed by atoms with van der Waals surface area (Å²) in [6.45, 7) is 7.43. The molecule has 1 amide bonds. The maximum Gasteiger partial charge on any atom is 0.269 e. The number of ketones is 2. The number of anilines is 1. The molecule has 29 nitrogen and oxygen atoms in total. The highest BCUT2D eigenvalue weighted by atomic mass is 32.2. The van der Waals surface area contributed by atoms with Gasteiger partial charge in [0, 0.05) is 105 Å². The number of primary amides is 1. The lowest BCUT2D eigenvalue weighted by Crippen LogP contribution is -2.24. The second-order valence-corrected chi connectivity index (χ2v) is 22.8. The number of nitrogen functional groups attached to an aromatic ring is 1. The van der Waals surface area contributed by atoms with Crippen LogP contribution in [0.4, 0.5) is 5.69 Å². The van der Waals surface area contributed by atoms with E-state index >= 15 is 0 Å². The Hall–Kier alpha value is -7.72. The predicted molar refractivity (Wildman–Crippen MR) is 350 cm³/mol. The molecule has 3 aliphatic rings. The van der Waals surface area contributed by atoms with Crippen molar-refractivity contribution in [2.24, 2.45) is 35.2 Å². The number of Topliss-reactive ketones (excluding diaryl/α,β-unsaturated/α-hetero) is 2. The van der Waals surface area contributed by atoms with Gasteiger partial charge < -0.3 is 27.7 Å². The fraction of sp³-hybridized carbons (Fsp3) is 0.254. The van der Waals surface area contributed by atoms with Crippen molar-refractivity contribution in [3.63, 3.8) is 0 Å². The molecule has 0 bridgehead atoms. The first kappa shape index (κ1) is 73.3. The number of aliphatic hydroxyl groups is 1. The number of carbonyl (C=O) groups is 3. The number of benzene rings is 4. The van der Waals surface area contributed by atoms with E-state index in [4.69, 9.17) is 29.3 Å². The Balaban J connectivity index is 0.000000181. The lowest BCUT2D eigenvalue weighted by atomic mass is 9.95. The monoisotopic (exact) mass is 1340 g/mol. The zero-order valence-corrected chi connectivity index (χ0v) is 53.8. The highest BCUT2D eigenvalue weighted by Gasteiger charge is 2.20. The number of aryl methyl sites for hydroxylation is 2. The molecule has 9 aromatic rings. The minimum atomic E-state index is -0.600. The maximum absolute atomic E-state index is 11.5. The van der Waals surface area contributed by atoms with Crippen LogP contribution in [0.5, 0.6) is 0 Å². The molecular weight excluding hydrogens is 1270 g/mol. The van der Waals surface area contributed by atoms with Gasteiger partial charge in [0.15, 0.2) is 11.5 Å². The first-order valence-corrected chi connectivity index (χ1v) is 31.1. The normalized spacial score (nSPS) is 13.2. The van der Waals surface area contributed by atoms with Gasteiger partial charge in [-0.05, 0) is 162 Å². The summed E-state index contributed by atoms with van der Waals surface area (Å²) < 4.78 is 23.8. The highest BCUT2D eigenvalue weighted by Crippen LogP contribution is 2.29. The number of rotatable bonds is 18. The van der Waals surface area contributed by atoms with Gasteiger partial charge in [-0.25, -0.2) is 14.0 Å². The van der Waals surface area contributed by atoms with Crippen molar-refractivity contribution in [1.29, 1.82) is 0 Å². The van der Waals surface area contributed by atoms with Crippen molar-refractivity contribution in [3.8, 4) is 17.1 Å². The Morgan fingerprint density at radius 2 is 1.00 bits per heavy atom. The smallest absolute Gasteiger partial charge is 0.269 e. The van der Waals surface area contributed by atoms with E-state index in [1.165, 1.54) is 24.6 Å². The molecule has 490 valence electrons. The molecule has 18 N–H and O–H groups in total. The summed E-state index contributed by atoms with van der Waals surface area (Å²) in [7, 11) is 0. The van der Waals surface area contributed by atoms with Gasteiger partial charge in [-0.15, -0.1) is 37.3 Å². The molecular formula is C59H73N17O12S4. The summed E-state index contributed by atoms with van der Waals surface area (Å²) in [6.07, 6.45) is 16.5. The van der Waals surface area contributed by atoms with E-state index in [0.29, 0.717) is 28.9 Å². The van der Waals surface area contributed by atoms with E-state index in [1.54, 1.807) is 41.5 Å². The first-order chi connectivity index (χ1) is 44.3. The van der Waals surface area contributed by atoms with E-state index in [9.17, 15) is 19.5 Å². The Kier molecular flexibility index (Phi) is 31.1. The van der Waals surface area contributed by atoms with Crippen LogP contribution in [-0.4, -0.2) is 68.4 Å². The van der Waals surface area contributed by atoms with E-state index in [2.05, 4.69) is 86.1 Å². The van der Waals surface area contributed by atoms with Gasteiger partial charge in [-0.3, -0.25) is 30.2 Å². The topological polar surface area (TPSA) is 440 Å². The minimum Gasteiger partial charge on any atom is -0.512 e. The number of nitrogens with two attached hydrogens (primary N) is 6. The van der Waals surface area contributed by atoms with Crippen LogP contribution in [0.3, 0.4) is 0 Å². The van der Waals surface area contributed by atoms with Crippen LogP contribution in [0.1, 0.15) is 97.8 Å². The molecule has 12 rings (SSSR count). The number of fused-ring (bicyclic) bond motifs is 3. The SMILES string of the molecule is CC(=O)C1=C(O)CCCC1.Cc1nn(-c2ccc(SOON)cc2)c2c1CNCC2.Cc1nn(-c2ccc(SOON)cc2)c2ccncc12.N.NNc1ccc(SOON)cc1.NOOSc1ccc(-n2nc(C(N)=O)c3cnccc32)cc1.O=C1CCCCC1. The van der Waals surface area contributed by atoms with Crippen molar-refractivity contribution >= 4 is 93.1 Å². The zero-order valence-electron chi connectivity index (χ0n) is 50.5. The van der Waals surface area contributed by atoms with Crippen molar-refractivity contribution in [3.05, 3.63) is 174 Å². The summed E-state index contributed by atoms with van der Waals surface area (Å²) in [5, 5.41) is 27.7. The van der Waals surface area contributed by atoms with Crippen LogP contribution in [0.15, 0.2) is 165 Å². The number of aromatic nitrogens is 8. The molecule has 1 saturated carbocycles. The van der Waals surface area contributed by atoms with Crippen molar-refractivity contribution in [2.75, 3.05) is 12.0 Å². The Bertz CT molecular complexity index is 3780. The Morgan fingerprint density at radius 3 is 1.43 bits per heavy atom. The number of nitrogens with zero attached hydrogens (tertiary/aromatic N) is 8. The van der Waals surface area contributed by atoms with Crippen LogP contribution in [0.2, 0.25) is 0 Å². The van der Waals surface area contributed by atoms with Crippen LogP contribution in [0.25, 0.3) is 38.9 Å². The Labute approximate surface area is 546 Å². The van der Waals surface area contributed by atoms with Gasteiger partial charge in [0.1, 0.15) is 5.78 Å². The quantitative estimate of drug-likeness (QED) is 0.0165. The van der Waals surface area contributed by atoms with Gasteiger partial charge in [0.2, 0.25) is 0 Å². The third-order valence-electron chi connectivity index (χ3n) is 13.7. The molecule has 0 unspecified atom stereocenters. The van der Waals surface area contributed by atoms with Gasteiger partial charge in [-0.1, -0.05) is 6.42 Å². The molecule has 92 heavy (non-hydrogen) atoms. The molecule has 0 radical (unpaired) electrons. The van der Waals surface area contributed by atoms with E-state index in [1.807, 2.05) is 113 Å². The number of aliphatic hydroxyl groups excluding tert-OH is 1. The molecule has 2 aliphatic carbocycles. The molecule has 33 heteroatoms. The fourth-order valence-electron chi connectivity index (χ4n) is 9.36. The number of hydrogen-bond acceptors (Lipinski definition) is 29. The summed E-state index contributed by atoms with van der Waals surface area (Å²) in [5.41, 5.74) is 18.7. The molecule has 0 spiro atoms. The minimum absolute atomic E-state index is 0. The van der Waals surface area contributed by atoms with E-state index < -0.39 is 5.91 Å². The molecule has 0 saturated heterocycles. The van der Waals surface area contributed by atoms with E-state index in [-0.39, 0.29) is 17.6 Å². The highest BCUT2D eigenvalue weighted by molar-refractivity contribution is 7.95. The van der Waals surface area contributed by atoms with Crippen molar-refractivity contribution in [2.45, 2.75) is 111 Å². The maximum atomic E-state index is 11.5. The molecule has 1 aliphatic heterocycles. The largest absolute Gasteiger partial charge is 0.512 e. The van der Waals surface area contributed by atoms with E-state index in [0.717, 1.165) is 183 Å². The summed E-state index contributed by atoms with van der Waals surface area (Å²) >= 11 is 4.12. The number of allylic oxidation sites excluding steroid dienone is 2. The van der Waals surface area contributed by atoms with Crippen LogP contribution in [0, 0.1) is 13.8 Å². The lowest BCUT2D eigenvalue weighted by molar-refractivity contribution is -0.195. The van der Waals surface area contributed by atoms with Crippen LogP contribution < -0.4 is 52.1 Å². The second-order valence-electron chi connectivity index (χ2n) is 19.7. The summed E-state index contributed by atoms with van der Waals surface area (Å²) in [5.74, 6) is 24.4. The standard InChI is InChI=1S/C13H11N5O3S.C13H16N4O2S.C13H12N4O2S.C8H12O2.C6H9N3O2S.C6H10O.H3N/c14-13(19)12-10-7-16-6-5-11(10)18(17-12)8-1-3-9(4-2-8)22-21-20-15;2*1-9-12-8-15-7-6-13(12)17(16-9)10-2-4-11(5-3-10)20-19-18-14;1-6(9)7-4-2-3-5-8(7)10;7-9-5-1-3-6(4-2-5)12-11-10-8;7-6-4-2-1-3-5-6;/h1-7H,15H2,(H2,14,19);2-5,15H,6-8,14H2,1H3;2-8H,14H2,1H3;10H,2-5H2,1H3;1-4,9H,7-8H2;1-5H2;1H3. The molecule has 4 aromatic carbocycles. The van der Waals surface area contributed by atoms with Gasteiger partial charge in [0.25, 0.3) is 5.91 Å². The summed E-state index contributed by atoms with van der Waals surface area (Å²) in [6, 6.07) is 33.8. The average molecular weight is 1340 g/mol. The summed E-state index contributed by atoms with van der Waals surface area (Å²) in [4.78, 5) is 60.5. The molecule has 1 fully saturated rings. The second kappa shape index (κ2) is 39.0. The number of amides is 1. The third-order valence-corrected chi connectivity index (χ3v) is 16.2. The lowest BCUT2D eigenvalue weighted by Gasteiger charge is -2.15. The van der Waals surface area contributed by atoms with Crippen molar-refractivity contribution < 1.29 is 56.8 Å². The fourth-order valence-corrected chi connectivity index (χ4v) is 10.8. The molecule has 0 atom stereocenters. The van der Waals surface area contributed by atoms with Crippen molar-refractivity contribution in [1.82, 2.24) is 50.8 Å². The first-order valence-electron chi connectivity index (χ1n) is 28.1. The number of hydrogen-bond donors (Lipinski definition) is 10. The van der Waals surface area contributed by atoms with Crippen LogP contribution >= 0.6 is 48.2 Å². The predicted octanol–water partition coefficient (Wildman–Crippen LogP) is 10.0. The zero-order chi connectivity index (χ0) is 64.9. The van der Waals surface area contributed by atoms with Gasteiger partial charge >= 0.3 is 0 Å². The van der Waals surface area contributed by atoms with Gasteiger partial charge in [0.05, 0.1) is 104 Å².